The molecule has 19 heavy (non-hydrogen) atoms. The molecule has 0 bridgehead atoms. The summed E-state index contributed by atoms with van der Waals surface area (Å²) in [6.45, 7) is 0.0268. The predicted molar refractivity (Wildman–Crippen MR) is 63.7 cm³/mol. The highest BCUT2D eigenvalue weighted by molar-refractivity contribution is 5.95. The van der Waals surface area contributed by atoms with E-state index in [2.05, 4.69) is 0 Å². The van der Waals surface area contributed by atoms with E-state index < -0.39 is 23.6 Å². The zero-order valence-corrected chi connectivity index (χ0v) is 10.5. The van der Waals surface area contributed by atoms with Gasteiger partial charge in [0, 0.05) is 13.7 Å². The number of aliphatic hydroxyl groups excluding tert-OH is 1. The Morgan fingerprint density at radius 1 is 1.53 bits per heavy atom. The Morgan fingerprint density at radius 2 is 2.26 bits per heavy atom. The van der Waals surface area contributed by atoms with Gasteiger partial charge in [0.2, 0.25) is 0 Å². The molecule has 2 rings (SSSR count). The first kappa shape index (κ1) is 13.9. The quantitative estimate of drug-likeness (QED) is 0.898. The fourth-order valence-electron chi connectivity index (χ4n) is 2.29. The molecule has 1 aliphatic rings. The van der Waals surface area contributed by atoms with Crippen LogP contribution in [0, 0.1) is 11.6 Å². The van der Waals surface area contributed by atoms with Crippen LogP contribution in [0.25, 0.3) is 0 Å². The lowest BCUT2D eigenvalue weighted by Gasteiger charge is -2.23. The van der Waals surface area contributed by atoms with E-state index in [1.54, 1.807) is 0 Å². The minimum atomic E-state index is -1.16. The van der Waals surface area contributed by atoms with Gasteiger partial charge >= 0.3 is 0 Å². The first-order chi connectivity index (χ1) is 9.08. The van der Waals surface area contributed by atoms with E-state index in [1.807, 2.05) is 0 Å². The third-order valence-corrected chi connectivity index (χ3v) is 3.36. The largest absolute Gasteiger partial charge is 0.394 e. The van der Waals surface area contributed by atoms with Crippen molar-refractivity contribution in [3.8, 4) is 0 Å². The second kappa shape index (κ2) is 5.63. The van der Waals surface area contributed by atoms with Gasteiger partial charge in [0.25, 0.3) is 5.91 Å². The van der Waals surface area contributed by atoms with Crippen LogP contribution in [0.5, 0.6) is 0 Å². The molecule has 1 fully saturated rings. The molecule has 0 aliphatic carbocycles. The molecule has 1 N–H and O–H groups in total. The number of rotatable bonds is 3. The Balaban J connectivity index is 2.26. The number of aliphatic hydroxyl groups is 1. The van der Waals surface area contributed by atoms with Gasteiger partial charge in [-0.05, 0) is 18.6 Å². The number of amides is 1. The van der Waals surface area contributed by atoms with Crippen LogP contribution in [0.4, 0.5) is 8.78 Å². The summed E-state index contributed by atoms with van der Waals surface area (Å²) in [5.74, 6) is -2.85. The van der Waals surface area contributed by atoms with Crippen molar-refractivity contribution in [2.24, 2.45) is 0 Å². The van der Waals surface area contributed by atoms with Crippen LogP contribution in [-0.2, 0) is 4.74 Å². The highest BCUT2D eigenvalue weighted by Crippen LogP contribution is 2.23. The first-order valence-electron chi connectivity index (χ1n) is 5.97. The number of benzene rings is 1. The molecule has 4 nitrogen and oxygen atoms in total. The van der Waals surface area contributed by atoms with Crippen molar-refractivity contribution in [3.05, 3.63) is 35.4 Å². The summed E-state index contributed by atoms with van der Waals surface area (Å²) in [7, 11) is 1.51. The maximum atomic E-state index is 13.6. The maximum Gasteiger partial charge on any atom is 0.257 e. The van der Waals surface area contributed by atoms with E-state index in [0.717, 1.165) is 6.07 Å². The van der Waals surface area contributed by atoms with Crippen molar-refractivity contribution < 1.29 is 23.4 Å². The fraction of sp³-hybridized carbons (Fsp3) is 0.462. The average molecular weight is 271 g/mol. The number of nitrogens with zero attached hydrogens (tertiary/aromatic N) is 1. The molecule has 1 saturated heterocycles. The fourth-order valence-corrected chi connectivity index (χ4v) is 2.29. The molecule has 1 heterocycles. The minimum absolute atomic E-state index is 0.197. The first-order valence-corrected chi connectivity index (χ1v) is 5.97. The molecule has 1 amide bonds. The predicted octanol–water partition coefficient (Wildman–Crippen LogP) is 1.19. The third-order valence-electron chi connectivity index (χ3n) is 3.36. The van der Waals surface area contributed by atoms with Crippen LogP contribution in [-0.4, -0.2) is 48.3 Å². The van der Waals surface area contributed by atoms with Crippen molar-refractivity contribution in [3.63, 3.8) is 0 Å². The van der Waals surface area contributed by atoms with Crippen LogP contribution in [0.2, 0.25) is 0 Å². The van der Waals surface area contributed by atoms with Gasteiger partial charge in [0.05, 0.1) is 24.3 Å². The summed E-state index contributed by atoms with van der Waals surface area (Å²) >= 11 is 0. The van der Waals surface area contributed by atoms with Crippen molar-refractivity contribution in [1.29, 1.82) is 0 Å². The Hall–Kier alpha value is -1.53. The zero-order valence-electron chi connectivity index (χ0n) is 10.5. The molecule has 1 aromatic carbocycles. The summed E-state index contributed by atoms with van der Waals surface area (Å²) in [5.41, 5.74) is -0.324. The van der Waals surface area contributed by atoms with Gasteiger partial charge in [-0.2, -0.15) is 0 Å². The number of carbonyl (C=O) groups excluding carboxylic acids is 1. The summed E-state index contributed by atoms with van der Waals surface area (Å²) in [6.07, 6.45) is 0.285. The molecule has 6 heteroatoms. The van der Waals surface area contributed by atoms with Crippen LogP contribution in [0.3, 0.4) is 0 Å². The number of halogens is 2. The third kappa shape index (κ3) is 2.59. The molecule has 1 aliphatic heterocycles. The Kier molecular flexibility index (Phi) is 4.11. The Labute approximate surface area is 109 Å². The molecular formula is C13H15F2NO3. The molecule has 2 atom stereocenters. The van der Waals surface area contributed by atoms with Crippen LogP contribution >= 0.6 is 0 Å². The monoisotopic (exact) mass is 271 g/mol. The van der Waals surface area contributed by atoms with Gasteiger partial charge in [-0.3, -0.25) is 4.79 Å². The second-order valence-electron chi connectivity index (χ2n) is 4.49. The summed E-state index contributed by atoms with van der Waals surface area (Å²) in [4.78, 5) is 13.5. The number of likely N-dealkylation sites (tertiary alicyclic amines) is 1. The SMILES string of the molecule is CO[C@H]1C[C@@H](CO)N(C(=O)c2cccc(F)c2F)C1. The van der Waals surface area contributed by atoms with E-state index in [4.69, 9.17) is 4.74 Å². The maximum absolute atomic E-state index is 13.6. The van der Waals surface area contributed by atoms with Crippen LogP contribution < -0.4 is 0 Å². The van der Waals surface area contributed by atoms with Gasteiger partial charge in [-0.25, -0.2) is 8.78 Å². The number of ether oxygens (including phenoxy) is 1. The van der Waals surface area contributed by atoms with Crippen LogP contribution in [0.15, 0.2) is 18.2 Å². The van der Waals surface area contributed by atoms with Gasteiger partial charge < -0.3 is 14.7 Å². The molecule has 0 saturated carbocycles. The standard InChI is InChI=1S/C13H15F2NO3/c1-19-9-5-8(7-17)16(6-9)13(18)10-3-2-4-11(14)12(10)15/h2-4,8-9,17H,5-7H2,1H3/t8-,9-/m0/s1. The topological polar surface area (TPSA) is 49.8 Å². The van der Waals surface area contributed by atoms with E-state index in [1.165, 1.54) is 24.1 Å². The van der Waals surface area contributed by atoms with Gasteiger partial charge in [-0.1, -0.05) is 6.07 Å². The van der Waals surface area contributed by atoms with Crippen molar-refractivity contribution >= 4 is 5.91 Å². The van der Waals surface area contributed by atoms with Crippen LogP contribution in [0.1, 0.15) is 16.8 Å². The van der Waals surface area contributed by atoms with E-state index >= 15 is 0 Å². The Morgan fingerprint density at radius 3 is 2.89 bits per heavy atom. The Bertz CT molecular complexity index is 481. The van der Waals surface area contributed by atoms with Gasteiger partial charge in [-0.15, -0.1) is 0 Å². The highest BCUT2D eigenvalue weighted by atomic mass is 19.2. The van der Waals surface area contributed by atoms with Gasteiger partial charge in [0.1, 0.15) is 0 Å². The number of methoxy groups -OCH3 is 1. The molecule has 0 aromatic heterocycles. The molecule has 0 radical (unpaired) electrons. The number of hydrogen-bond donors (Lipinski definition) is 1. The lowest BCUT2D eigenvalue weighted by molar-refractivity contribution is 0.0642. The minimum Gasteiger partial charge on any atom is -0.394 e. The van der Waals surface area contributed by atoms with E-state index in [0.29, 0.717) is 6.42 Å². The average Bonchev–Trinajstić information content (AvgIpc) is 2.84. The van der Waals surface area contributed by atoms with E-state index in [9.17, 15) is 18.7 Å². The molecule has 0 spiro atoms. The second-order valence-corrected chi connectivity index (χ2v) is 4.49. The van der Waals surface area contributed by atoms with Crippen molar-refractivity contribution in [2.45, 2.75) is 18.6 Å². The summed E-state index contributed by atoms with van der Waals surface area (Å²) < 4.78 is 31.9. The molecule has 1 aromatic rings. The van der Waals surface area contributed by atoms with E-state index in [-0.39, 0.29) is 24.8 Å². The smallest absolute Gasteiger partial charge is 0.257 e. The molecule has 0 unspecified atom stereocenters. The summed E-state index contributed by atoms with van der Waals surface area (Å²) in [5, 5.41) is 9.25. The summed E-state index contributed by atoms with van der Waals surface area (Å²) in [6, 6.07) is 3.04. The normalized spacial score (nSPS) is 22.8. The van der Waals surface area contributed by atoms with Crippen molar-refractivity contribution in [2.75, 3.05) is 20.3 Å². The molecular weight excluding hydrogens is 256 g/mol. The number of hydrogen-bond acceptors (Lipinski definition) is 3. The number of carbonyl (C=O) groups is 1. The van der Waals surface area contributed by atoms with Crippen molar-refractivity contribution in [1.82, 2.24) is 4.90 Å². The lowest BCUT2D eigenvalue weighted by atomic mass is 10.1. The van der Waals surface area contributed by atoms with Gasteiger partial charge in [0.15, 0.2) is 11.6 Å². The molecule has 104 valence electrons. The highest BCUT2D eigenvalue weighted by Gasteiger charge is 2.36. The zero-order chi connectivity index (χ0) is 14.0. The lowest BCUT2D eigenvalue weighted by Crippen LogP contribution is -2.38.